The van der Waals surface area contributed by atoms with Crippen molar-refractivity contribution in [1.29, 1.82) is 0 Å². The van der Waals surface area contributed by atoms with Crippen molar-refractivity contribution in [2.24, 2.45) is 0 Å². The third kappa shape index (κ3) is 3.42. The molecule has 1 atom stereocenters. The molecule has 1 heterocycles. The molecule has 0 unspecified atom stereocenters. The number of hydrogen-bond donors (Lipinski definition) is 0. The molecular weight excluding hydrogens is 276 g/mol. The Balaban J connectivity index is 2.08. The Morgan fingerprint density at radius 2 is 1.65 bits per heavy atom. The third-order valence-electron chi connectivity index (χ3n) is 2.78. The first kappa shape index (κ1) is 14.7. The topological polar surface area (TPSA) is 52.6 Å². The number of esters is 2. The van der Waals surface area contributed by atoms with E-state index in [1.165, 1.54) is 31.0 Å². The molecule has 0 aliphatic carbocycles. The Kier molecular flexibility index (Phi) is 4.18. The van der Waals surface area contributed by atoms with E-state index in [9.17, 15) is 9.59 Å². The molecule has 0 N–H and O–H groups in total. The van der Waals surface area contributed by atoms with Crippen LogP contribution in [0.5, 0.6) is 0 Å². The summed E-state index contributed by atoms with van der Waals surface area (Å²) < 4.78 is 10.1. The number of carbonyl (C=O) groups excluding carboxylic acids is 2. The zero-order valence-corrected chi connectivity index (χ0v) is 12.4. The second kappa shape index (κ2) is 5.71. The highest BCUT2D eigenvalue weighted by Crippen LogP contribution is 2.32. The fraction of sp³-hybridized carbons (Fsp3) is 0.333. The second-order valence-electron chi connectivity index (χ2n) is 4.90. The summed E-state index contributed by atoms with van der Waals surface area (Å²) in [6.45, 7) is 5.05. The van der Waals surface area contributed by atoms with Crippen LogP contribution >= 0.6 is 11.8 Å². The highest BCUT2D eigenvalue weighted by molar-refractivity contribution is 8.02. The van der Waals surface area contributed by atoms with Crippen LogP contribution in [0.25, 0.3) is 0 Å². The van der Waals surface area contributed by atoms with Gasteiger partial charge in [-0.15, -0.1) is 11.8 Å². The summed E-state index contributed by atoms with van der Waals surface area (Å²) in [6, 6.07) is 9.83. The van der Waals surface area contributed by atoms with Crippen molar-refractivity contribution in [3.05, 3.63) is 46.9 Å². The highest BCUT2D eigenvalue weighted by atomic mass is 32.2. The normalized spacial score (nSPS) is 19.1. The number of cyclic esters (lactones) is 2. The highest BCUT2D eigenvalue weighted by Gasteiger charge is 2.38. The van der Waals surface area contributed by atoms with Crippen LogP contribution < -0.4 is 0 Å². The monoisotopic (exact) mass is 292 g/mol. The number of rotatable bonds is 3. The SMILES string of the molecule is C[C@H](SC=C1C(=O)OC(C)(C)OC1=O)c1ccccc1. The van der Waals surface area contributed by atoms with Crippen molar-refractivity contribution >= 4 is 23.7 Å². The second-order valence-corrected chi connectivity index (χ2v) is 6.11. The first-order valence-electron chi connectivity index (χ1n) is 6.26. The van der Waals surface area contributed by atoms with E-state index in [2.05, 4.69) is 0 Å². The zero-order valence-electron chi connectivity index (χ0n) is 11.6. The summed E-state index contributed by atoms with van der Waals surface area (Å²) in [5, 5.41) is 1.64. The fourth-order valence-electron chi connectivity index (χ4n) is 1.73. The van der Waals surface area contributed by atoms with Crippen LogP contribution in [-0.4, -0.2) is 17.7 Å². The summed E-state index contributed by atoms with van der Waals surface area (Å²) in [5.74, 6) is -2.47. The molecule has 1 saturated heterocycles. The number of hydrogen-bond acceptors (Lipinski definition) is 5. The van der Waals surface area contributed by atoms with E-state index in [1.807, 2.05) is 37.3 Å². The molecule has 0 saturated carbocycles. The van der Waals surface area contributed by atoms with E-state index < -0.39 is 17.7 Å². The zero-order chi connectivity index (χ0) is 14.8. The Morgan fingerprint density at radius 3 is 2.20 bits per heavy atom. The number of ether oxygens (including phenoxy) is 2. The minimum absolute atomic E-state index is 0.0582. The molecule has 0 aromatic heterocycles. The molecule has 1 aromatic carbocycles. The summed E-state index contributed by atoms with van der Waals surface area (Å²) in [4.78, 5) is 23.5. The van der Waals surface area contributed by atoms with E-state index in [0.717, 1.165) is 5.56 Å². The quantitative estimate of drug-likeness (QED) is 0.486. The van der Waals surface area contributed by atoms with Crippen LogP contribution in [0.2, 0.25) is 0 Å². The van der Waals surface area contributed by atoms with Gasteiger partial charge in [0.2, 0.25) is 0 Å². The average Bonchev–Trinajstić information content (AvgIpc) is 2.37. The van der Waals surface area contributed by atoms with Crippen molar-refractivity contribution in [2.75, 3.05) is 0 Å². The van der Waals surface area contributed by atoms with Crippen LogP contribution in [0.4, 0.5) is 0 Å². The molecular formula is C15H16O4S. The molecule has 0 radical (unpaired) electrons. The Bertz CT molecular complexity index is 526. The summed E-state index contributed by atoms with van der Waals surface area (Å²) in [6.07, 6.45) is 0. The van der Waals surface area contributed by atoms with Gasteiger partial charge in [0.1, 0.15) is 0 Å². The van der Waals surface area contributed by atoms with Gasteiger partial charge in [-0.25, -0.2) is 9.59 Å². The van der Waals surface area contributed by atoms with Gasteiger partial charge < -0.3 is 9.47 Å². The Hall–Kier alpha value is -1.75. The van der Waals surface area contributed by atoms with Gasteiger partial charge in [-0.05, 0) is 17.9 Å². The Labute approximate surface area is 122 Å². The lowest BCUT2D eigenvalue weighted by Gasteiger charge is -2.29. The van der Waals surface area contributed by atoms with Gasteiger partial charge in [0.25, 0.3) is 5.79 Å². The van der Waals surface area contributed by atoms with Gasteiger partial charge >= 0.3 is 11.9 Å². The largest absolute Gasteiger partial charge is 0.419 e. The van der Waals surface area contributed by atoms with Gasteiger partial charge in [-0.3, -0.25) is 0 Å². The molecule has 0 amide bonds. The molecule has 20 heavy (non-hydrogen) atoms. The maximum absolute atomic E-state index is 11.8. The van der Waals surface area contributed by atoms with Crippen molar-refractivity contribution < 1.29 is 19.1 Å². The van der Waals surface area contributed by atoms with Crippen LogP contribution in [0, 0.1) is 0 Å². The van der Waals surface area contributed by atoms with Crippen LogP contribution in [0.15, 0.2) is 41.3 Å². The summed E-state index contributed by atoms with van der Waals surface area (Å²) in [7, 11) is 0. The Morgan fingerprint density at radius 1 is 1.10 bits per heavy atom. The molecule has 1 fully saturated rings. The molecule has 5 heteroatoms. The van der Waals surface area contributed by atoms with Crippen molar-refractivity contribution in [3.8, 4) is 0 Å². The van der Waals surface area contributed by atoms with Gasteiger partial charge in [0.05, 0.1) is 0 Å². The smallest absolute Gasteiger partial charge is 0.349 e. The predicted octanol–water partition coefficient (Wildman–Crippen LogP) is 3.20. The fourth-order valence-corrected chi connectivity index (χ4v) is 2.58. The van der Waals surface area contributed by atoms with E-state index >= 15 is 0 Å². The van der Waals surface area contributed by atoms with Crippen molar-refractivity contribution in [3.63, 3.8) is 0 Å². The third-order valence-corrected chi connectivity index (χ3v) is 3.83. The summed E-state index contributed by atoms with van der Waals surface area (Å²) >= 11 is 1.38. The van der Waals surface area contributed by atoms with Crippen LogP contribution in [-0.2, 0) is 19.1 Å². The predicted molar refractivity (Wildman–Crippen MR) is 76.8 cm³/mol. The van der Waals surface area contributed by atoms with Crippen LogP contribution in [0.3, 0.4) is 0 Å². The summed E-state index contributed by atoms with van der Waals surface area (Å²) in [5.41, 5.74) is 1.06. The number of thioether (sulfide) groups is 1. The van der Waals surface area contributed by atoms with Crippen molar-refractivity contribution in [1.82, 2.24) is 0 Å². The maximum Gasteiger partial charge on any atom is 0.349 e. The first-order valence-corrected chi connectivity index (χ1v) is 7.20. The number of benzene rings is 1. The van der Waals surface area contributed by atoms with Gasteiger partial charge in [0, 0.05) is 19.1 Å². The van der Waals surface area contributed by atoms with E-state index in [1.54, 1.807) is 0 Å². The van der Waals surface area contributed by atoms with E-state index in [-0.39, 0.29) is 10.8 Å². The van der Waals surface area contributed by atoms with Gasteiger partial charge in [0.15, 0.2) is 5.57 Å². The molecule has 1 aromatic rings. The van der Waals surface area contributed by atoms with E-state index in [0.29, 0.717) is 0 Å². The minimum atomic E-state index is -1.19. The maximum atomic E-state index is 11.8. The molecule has 2 rings (SSSR count). The average molecular weight is 292 g/mol. The molecule has 1 aliphatic rings. The lowest BCUT2D eigenvalue weighted by atomic mass is 10.2. The molecule has 106 valence electrons. The van der Waals surface area contributed by atoms with Crippen LogP contribution in [0.1, 0.15) is 31.6 Å². The lowest BCUT2D eigenvalue weighted by molar-refractivity contribution is -0.222. The van der Waals surface area contributed by atoms with E-state index in [4.69, 9.17) is 9.47 Å². The lowest BCUT2D eigenvalue weighted by Crippen LogP contribution is -2.41. The van der Waals surface area contributed by atoms with Gasteiger partial charge in [-0.2, -0.15) is 0 Å². The standard InChI is InChI=1S/C15H16O4S/c1-10(11-7-5-4-6-8-11)20-9-12-13(16)18-15(2,3)19-14(12)17/h4-10H,1-3H3/t10-/m0/s1. The van der Waals surface area contributed by atoms with Gasteiger partial charge in [-0.1, -0.05) is 30.3 Å². The first-order chi connectivity index (χ1) is 9.39. The molecule has 0 bridgehead atoms. The minimum Gasteiger partial charge on any atom is -0.419 e. The molecule has 4 nitrogen and oxygen atoms in total. The van der Waals surface area contributed by atoms with Crippen molar-refractivity contribution in [2.45, 2.75) is 31.8 Å². The molecule has 1 aliphatic heterocycles. The molecule has 0 spiro atoms. The number of carbonyl (C=O) groups is 2.